The van der Waals surface area contributed by atoms with E-state index in [-0.39, 0.29) is 25.0 Å². The topological polar surface area (TPSA) is 67.6 Å². The van der Waals surface area contributed by atoms with E-state index in [1.807, 2.05) is 41.3 Å². The van der Waals surface area contributed by atoms with Crippen molar-refractivity contribution in [3.63, 3.8) is 0 Å². The molecule has 5 nitrogen and oxygen atoms in total. The number of rotatable bonds is 5. The SMILES string of the molecule is N#CCN(C(=O)CN1CC(CO)C1)c1ccccc1. The van der Waals surface area contributed by atoms with Gasteiger partial charge in [0.1, 0.15) is 6.54 Å². The van der Waals surface area contributed by atoms with Crippen LogP contribution in [-0.2, 0) is 4.79 Å². The van der Waals surface area contributed by atoms with Crippen LogP contribution in [0.15, 0.2) is 30.3 Å². The lowest BCUT2D eigenvalue weighted by atomic mass is 10.0. The van der Waals surface area contributed by atoms with Crippen molar-refractivity contribution in [2.24, 2.45) is 5.92 Å². The molecule has 1 saturated heterocycles. The molecule has 1 amide bonds. The van der Waals surface area contributed by atoms with Gasteiger partial charge in [-0.15, -0.1) is 0 Å². The number of carbonyl (C=O) groups is 1. The average molecular weight is 259 g/mol. The number of benzene rings is 1. The summed E-state index contributed by atoms with van der Waals surface area (Å²) >= 11 is 0. The molecule has 1 aromatic carbocycles. The van der Waals surface area contributed by atoms with E-state index in [0.717, 1.165) is 18.8 Å². The molecule has 1 aliphatic heterocycles. The van der Waals surface area contributed by atoms with E-state index in [2.05, 4.69) is 0 Å². The summed E-state index contributed by atoms with van der Waals surface area (Å²) in [5.74, 6) is 0.207. The van der Waals surface area contributed by atoms with Gasteiger partial charge in [-0.3, -0.25) is 14.6 Å². The minimum atomic E-state index is -0.0795. The lowest BCUT2D eigenvalue weighted by Crippen LogP contribution is -2.52. The second-order valence-electron chi connectivity index (χ2n) is 4.72. The van der Waals surface area contributed by atoms with Gasteiger partial charge in [0.05, 0.1) is 12.6 Å². The Hall–Kier alpha value is -1.90. The molecule has 0 bridgehead atoms. The van der Waals surface area contributed by atoms with E-state index in [9.17, 15) is 4.79 Å². The van der Waals surface area contributed by atoms with Gasteiger partial charge in [-0.25, -0.2) is 0 Å². The minimum absolute atomic E-state index is 0.0557. The van der Waals surface area contributed by atoms with Crippen LogP contribution in [0.25, 0.3) is 0 Å². The van der Waals surface area contributed by atoms with E-state index in [1.54, 1.807) is 0 Å². The predicted molar refractivity (Wildman–Crippen MR) is 71.4 cm³/mol. The largest absolute Gasteiger partial charge is 0.396 e. The van der Waals surface area contributed by atoms with Gasteiger partial charge in [-0.05, 0) is 12.1 Å². The third-order valence-electron chi connectivity index (χ3n) is 3.25. The Kier molecular flexibility index (Phi) is 4.50. The molecule has 0 atom stereocenters. The fraction of sp³-hybridized carbons (Fsp3) is 0.429. The van der Waals surface area contributed by atoms with Crippen molar-refractivity contribution in [3.8, 4) is 6.07 Å². The lowest BCUT2D eigenvalue weighted by Gasteiger charge is -2.38. The Morgan fingerprint density at radius 1 is 1.42 bits per heavy atom. The molecule has 1 aliphatic rings. The molecule has 1 N–H and O–H groups in total. The summed E-state index contributed by atoms with van der Waals surface area (Å²) in [5, 5.41) is 17.8. The van der Waals surface area contributed by atoms with Crippen molar-refractivity contribution < 1.29 is 9.90 Å². The standard InChI is InChI=1S/C14H17N3O2/c15-6-7-17(13-4-2-1-3-5-13)14(19)10-16-8-12(9-16)11-18/h1-5,12,18H,7-11H2. The van der Waals surface area contributed by atoms with Gasteiger partial charge in [-0.1, -0.05) is 18.2 Å². The number of amides is 1. The van der Waals surface area contributed by atoms with Gasteiger partial charge in [0.2, 0.25) is 5.91 Å². The van der Waals surface area contributed by atoms with Gasteiger partial charge in [0.25, 0.3) is 0 Å². The fourth-order valence-electron chi connectivity index (χ4n) is 2.20. The molecule has 0 aromatic heterocycles. The normalized spacial score (nSPS) is 15.6. The molecule has 0 unspecified atom stereocenters. The molecule has 0 spiro atoms. The first-order chi connectivity index (χ1) is 9.24. The van der Waals surface area contributed by atoms with Gasteiger partial charge in [-0.2, -0.15) is 5.26 Å². The molecule has 1 heterocycles. The summed E-state index contributed by atoms with van der Waals surface area (Å²) in [6, 6.07) is 11.2. The smallest absolute Gasteiger partial charge is 0.242 e. The Morgan fingerprint density at radius 2 is 2.11 bits per heavy atom. The quantitative estimate of drug-likeness (QED) is 0.780. The van der Waals surface area contributed by atoms with E-state index < -0.39 is 0 Å². The van der Waals surface area contributed by atoms with Crippen molar-refractivity contribution in [3.05, 3.63) is 30.3 Å². The third kappa shape index (κ3) is 3.31. The summed E-state index contributed by atoms with van der Waals surface area (Å²) in [5.41, 5.74) is 0.744. The fourth-order valence-corrected chi connectivity index (χ4v) is 2.20. The van der Waals surface area contributed by atoms with Gasteiger partial charge in [0, 0.05) is 31.3 Å². The molecule has 0 saturated carbocycles. The van der Waals surface area contributed by atoms with Crippen LogP contribution in [0.2, 0.25) is 0 Å². The number of anilines is 1. The predicted octanol–water partition coefficient (Wildman–Crippen LogP) is 0.467. The summed E-state index contributed by atoms with van der Waals surface area (Å²) < 4.78 is 0. The van der Waals surface area contributed by atoms with Crippen molar-refractivity contribution >= 4 is 11.6 Å². The maximum atomic E-state index is 12.2. The molecule has 0 radical (unpaired) electrons. The van der Waals surface area contributed by atoms with E-state index >= 15 is 0 Å². The summed E-state index contributed by atoms with van der Waals surface area (Å²) in [6.45, 7) is 2.02. The van der Waals surface area contributed by atoms with Crippen LogP contribution >= 0.6 is 0 Å². The highest BCUT2D eigenvalue weighted by Gasteiger charge is 2.29. The molecule has 1 aromatic rings. The van der Waals surface area contributed by atoms with Crippen LogP contribution in [0.3, 0.4) is 0 Å². The van der Waals surface area contributed by atoms with Gasteiger partial charge < -0.3 is 5.11 Å². The lowest BCUT2D eigenvalue weighted by molar-refractivity contribution is -0.121. The molecule has 100 valence electrons. The highest BCUT2D eigenvalue weighted by atomic mass is 16.3. The highest BCUT2D eigenvalue weighted by Crippen LogP contribution is 2.17. The average Bonchev–Trinajstić information content (AvgIpc) is 2.40. The number of nitriles is 1. The zero-order valence-corrected chi connectivity index (χ0v) is 10.7. The van der Waals surface area contributed by atoms with Crippen molar-refractivity contribution in [1.82, 2.24) is 4.90 Å². The number of likely N-dealkylation sites (tertiary alicyclic amines) is 1. The molecule has 0 aliphatic carbocycles. The minimum Gasteiger partial charge on any atom is -0.396 e. The molecule has 1 fully saturated rings. The Morgan fingerprint density at radius 3 is 2.68 bits per heavy atom. The molecule has 19 heavy (non-hydrogen) atoms. The van der Waals surface area contributed by atoms with E-state index in [0.29, 0.717) is 6.54 Å². The summed E-state index contributed by atoms with van der Waals surface area (Å²) in [6.07, 6.45) is 0. The number of hydrogen-bond acceptors (Lipinski definition) is 4. The number of aliphatic hydroxyl groups excluding tert-OH is 1. The van der Waals surface area contributed by atoms with Gasteiger partial charge in [0.15, 0.2) is 0 Å². The number of nitrogens with zero attached hydrogens (tertiary/aromatic N) is 3. The van der Waals surface area contributed by atoms with Crippen LogP contribution in [0.1, 0.15) is 0 Å². The first kappa shape index (κ1) is 13.5. The molecule has 5 heteroatoms. The molecular formula is C14H17N3O2. The number of hydrogen-bond donors (Lipinski definition) is 1. The van der Waals surface area contributed by atoms with E-state index in [1.165, 1.54) is 4.90 Å². The zero-order chi connectivity index (χ0) is 13.7. The maximum absolute atomic E-state index is 12.2. The van der Waals surface area contributed by atoms with Crippen LogP contribution in [0.5, 0.6) is 0 Å². The van der Waals surface area contributed by atoms with Gasteiger partial charge >= 0.3 is 0 Å². The second kappa shape index (κ2) is 6.32. The molecule has 2 rings (SSSR count). The molecular weight excluding hydrogens is 242 g/mol. The first-order valence-corrected chi connectivity index (χ1v) is 6.30. The third-order valence-corrected chi connectivity index (χ3v) is 3.25. The van der Waals surface area contributed by atoms with Crippen molar-refractivity contribution in [2.45, 2.75) is 0 Å². The van der Waals surface area contributed by atoms with Crippen LogP contribution in [0, 0.1) is 17.2 Å². The summed E-state index contributed by atoms with van der Waals surface area (Å²) in [4.78, 5) is 15.7. The van der Waals surface area contributed by atoms with Crippen molar-refractivity contribution in [2.75, 3.05) is 37.7 Å². The van der Waals surface area contributed by atoms with Crippen LogP contribution in [0.4, 0.5) is 5.69 Å². The monoisotopic (exact) mass is 259 g/mol. The second-order valence-corrected chi connectivity index (χ2v) is 4.72. The number of carbonyl (C=O) groups excluding carboxylic acids is 1. The Balaban J connectivity index is 1.96. The first-order valence-electron chi connectivity index (χ1n) is 6.30. The number of aliphatic hydroxyl groups is 1. The maximum Gasteiger partial charge on any atom is 0.242 e. The number of para-hydroxylation sites is 1. The van der Waals surface area contributed by atoms with Crippen molar-refractivity contribution in [1.29, 1.82) is 5.26 Å². The summed E-state index contributed by atoms with van der Waals surface area (Å²) in [7, 11) is 0. The Labute approximate surface area is 112 Å². The highest BCUT2D eigenvalue weighted by molar-refractivity contribution is 5.95. The van der Waals surface area contributed by atoms with Crippen LogP contribution < -0.4 is 4.90 Å². The van der Waals surface area contributed by atoms with E-state index in [4.69, 9.17) is 10.4 Å². The Bertz CT molecular complexity index is 463. The van der Waals surface area contributed by atoms with Crippen LogP contribution in [-0.4, -0.2) is 48.7 Å². The zero-order valence-electron chi connectivity index (χ0n) is 10.7.